The molecule has 1 aromatic rings. The Morgan fingerprint density at radius 3 is 2.35 bits per heavy atom. The zero-order valence-electron chi connectivity index (χ0n) is 11.8. The van der Waals surface area contributed by atoms with Crippen LogP contribution in [0.25, 0.3) is 0 Å². The first kappa shape index (κ1) is 19.5. The smallest absolute Gasteiger partial charge is 0.469 e. The monoisotopic (exact) mass is 351 g/mol. The fraction of sp³-hybridized carbons (Fsp3) is 0.417. The highest BCUT2D eigenvalue weighted by Crippen LogP contribution is 2.35. The van der Waals surface area contributed by atoms with Gasteiger partial charge in [-0.2, -0.15) is 0 Å². The van der Waals surface area contributed by atoms with Gasteiger partial charge in [-0.05, 0) is 12.1 Å². The van der Waals surface area contributed by atoms with E-state index in [1.807, 2.05) is 0 Å². The Morgan fingerprint density at radius 2 is 1.78 bits per heavy atom. The number of nitrogens with one attached hydrogen (secondary N) is 1. The van der Waals surface area contributed by atoms with Crippen molar-refractivity contribution in [2.45, 2.75) is 18.3 Å². The second-order valence-corrected chi connectivity index (χ2v) is 5.88. The Morgan fingerprint density at radius 1 is 1.17 bits per heavy atom. The molecule has 10 nitrogen and oxygen atoms in total. The van der Waals surface area contributed by atoms with E-state index in [0.29, 0.717) is 0 Å². The van der Waals surface area contributed by atoms with Crippen molar-refractivity contribution in [1.29, 1.82) is 0 Å². The summed E-state index contributed by atoms with van der Waals surface area (Å²) in [7, 11) is -4.80. The van der Waals surface area contributed by atoms with Crippen LogP contribution in [0, 0.1) is 0 Å². The third-order valence-electron chi connectivity index (χ3n) is 2.86. The lowest BCUT2D eigenvalue weighted by molar-refractivity contribution is -0.0705. The summed E-state index contributed by atoms with van der Waals surface area (Å²) in [5.74, 6) is -1.18. The molecule has 0 saturated heterocycles. The van der Waals surface area contributed by atoms with Gasteiger partial charge in [-0.3, -0.25) is 4.52 Å². The number of aliphatic hydroxyl groups excluding tert-OH is 3. The van der Waals surface area contributed by atoms with Crippen LogP contribution in [0.15, 0.2) is 24.3 Å². The molecule has 0 unspecified atom stereocenters. The van der Waals surface area contributed by atoms with E-state index in [0.717, 1.165) is 0 Å². The van der Waals surface area contributed by atoms with Gasteiger partial charge in [-0.25, -0.2) is 9.36 Å². The number of para-hydroxylation sites is 1. The van der Waals surface area contributed by atoms with Crippen molar-refractivity contribution in [1.82, 2.24) is 0 Å². The molecule has 0 fully saturated rings. The van der Waals surface area contributed by atoms with E-state index in [2.05, 4.69) is 9.84 Å². The van der Waals surface area contributed by atoms with E-state index in [-0.39, 0.29) is 17.8 Å². The first-order valence-electron chi connectivity index (χ1n) is 6.42. The molecule has 0 aliphatic heterocycles. The minimum atomic E-state index is -4.80. The minimum Gasteiger partial charge on any atom is -0.478 e. The van der Waals surface area contributed by atoms with E-state index >= 15 is 0 Å². The van der Waals surface area contributed by atoms with E-state index in [1.165, 1.54) is 18.2 Å². The van der Waals surface area contributed by atoms with Crippen LogP contribution in [0.1, 0.15) is 10.4 Å². The number of phosphoric ester groups is 1. The normalized spacial score (nSPS) is 15.7. The molecule has 0 aromatic heterocycles. The molecule has 0 saturated carbocycles. The predicted octanol–water partition coefficient (Wildman–Crippen LogP) is -1.01. The van der Waals surface area contributed by atoms with Crippen LogP contribution in [-0.2, 0) is 9.09 Å². The number of carbonyl (C=O) groups is 1. The maximum Gasteiger partial charge on any atom is 0.469 e. The van der Waals surface area contributed by atoms with Crippen LogP contribution in [0.5, 0.6) is 0 Å². The molecule has 1 aromatic carbocycles. The van der Waals surface area contributed by atoms with Crippen LogP contribution in [0.4, 0.5) is 5.69 Å². The van der Waals surface area contributed by atoms with Gasteiger partial charge in [0.25, 0.3) is 0 Å². The summed E-state index contributed by atoms with van der Waals surface area (Å²) in [6.45, 7) is -1.19. The average molecular weight is 351 g/mol. The summed E-state index contributed by atoms with van der Waals surface area (Å²) in [4.78, 5) is 28.0. The number of carboxylic acid groups (broad SMARTS) is 1. The predicted molar refractivity (Wildman–Crippen MR) is 77.9 cm³/mol. The van der Waals surface area contributed by atoms with Gasteiger partial charge in [-0.15, -0.1) is 0 Å². The van der Waals surface area contributed by atoms with Gasteiger partial charge >= 0.3 is 13.8 Å². The molecule has 1 rings (SSSR count). The first-order chi connectivity index (χ1) is 10.6. The fourth-order valence-corrected chi connectivity index (χ4v) is 2.03. The molecular formula is C12H18NO9P. The van der Waals surface area contributed by atoms with Crippen molar-refractivity contribution in [2.24, 2.45) is 0 Å². The van der Waals surface area contributed by atoms with E-state index in [4.69, 9.17) is 14.9 Å². The van der Waals surface area contributed by atoms with Crippen LogP contribution >= 0.6 is 7.82 Å². The third kappa shape index (κ3) is 6.63. The number of anilines is 1. The quantitative estimate of drug-likeness (QED) is 0.273. The minimum absolute atomic E-state index is 0.0421. The molecule has 0 aliphatic carbocycles. The summed E-state index contributed by atoms with van der Waals surface area (Å²) >= 11 is 0. The number of hydrogen-bond acceptors (Lipinski definition) is 7. The van der Waals surface area contributed by atoms with Gasteiger partial charge in [-0.1, -0.05) is 12.1 Å². The number of carboxylic acids is 1. The highest BCUT2D eigenvalue weighted by atomic mass is 31.2. The summed E-state index contributed by atoms with van der Waals surface area (Å²) in [5, 5.41) is 40.5. The number of phosphoric acid groups is 1. The van der Waals surface area contributed by atoms with Crippen molar-refractivity contribution in [3.8, 4) is 0 Å². The zero-order chi connectivity index (χ0) is 17.6. The Hall–Kier alpha value is -1.52. The van der Waals surface area contributed by atoms with E-state index < -0.39 is 38.7 Å². The maximum atomic E-state index is 11.0. The second-order valence-electron chi connectivity index (χ2n) is 4.64. The van der Waals surface area contributed by atoms with Crippen LogP contribution < -0.4 is 5.32 Å². The Balaban J connectivity index is 2.57. The van der Waals surface area contributed by atoms with Gasteiger partial charge in [0.1, 0.15) is 12.2 Å². The van der Waals surface area contributed by atoms with Crippen molar-refractivity contribution < 1.29 is 44.1 Å². The second kappa shape index (κ2) is 8.37. The first-order valence-corrected chi connectivity index (χ1v) is 7.95. The average Bonchev–Trinajstić information content (AvgIpc) is 2.48. The number of rotatable bonds is 9. The number of hydrogen-bond donors (Lipinski definition) is 7. The highest BCUT2D eigenvalue weighted by Gasteiger charge is 2.27. The molecule has 130 valence electrons. The molecule has 0 aliphatic rings. The summed E-state index contributed by atoms with van der Waals surface area (Å²) in [6.07, 6.45) is -5.03. The van der Waals surface area contributed by atoms with Crippen molar-refractivity contribution >= 4 is 19.5 Å². The fourth-order valence-electron chi connectivity index (χ4n) is 1.69. The van der Waals surface area contributed by atoms with Gasteiger partial charge in [0.2, 0.25) is 0 Å². The lowest BCUT2D eigenvalue weighted by Crippen LogP contribution is -2.43. The van der Waals surface area contributed by atoms with Crippen LogP contribution in [0.2, 0.25) is 0 Å². The Kier molecular flexibility index (Phi) is 7.10. The standard InChI is InChI=1S/C12H18NO9P/c14-9(11(16)10(15)6-22-23(19,20)21)5-13-8-4-2-1-3-7(8)12(17)18/h1-4,9-11,13-16H,5-6H2,(H,17,18)(H2,19,20,21)/t9-,10-,11+/m0/s1. The molecule has 11 heteroatoms. The summed E-state index contributed by atoms with van der Waals surface area (Å²) < 4.78 is 14.5. The lowest BCUT2D eigenvalue weighted by atomic mass is 10.1. The van der Waals surface area contributed by atoms with E-state index in [9.17, 15) is 24.7 Å². The number of aromatic carboxylic acids is 1. The highest BCUT2D eigenvalue weighted by molar-refractivity contribution is 7.46. The molecule has 7 N–H and O–H groups in total. The van der Waals surface area contributed by atoms with Crippen LogP contribution in [0.3, 0.4) is 0 Å². The van der Waals surface area contributed by atoms with Gasteiger partial charge in [0.05, 0.1) is 18.3 Å². The Labute approximate surface area is 131 Å². The SMILES string of the molecule is O=C(O)c1ccccc1NC[C@H](O)[C@@H](O)[C@@H](O)COP(=O)(O)O. The van der Waals surface area contributed by atoms with Crippen LogP contribution in [-0.4, -0.2) is 67.6 Å². The van der Waals surface area contributed by atoms with Crippen molar-refractivity contribution in [3.63, 3.8) is 0 Å². The van der Waals surface area contributed by atoms with Crippen molar-refractivity contribution in [2.75, 3.05) is 18.5 Å². The topological polar surface area (TPSA) is 177 Å². The van der Waals surface area contributed by atoms with Crippen molar-refractivity contribution in [3.05, 3.63) is 29.8 Å². The molecular weight excluding hydrogens is 333 g/mol. The zero-order valence-corrected chi connectivity index (χ0v) is 12.7. The van der Waals surface area contributed by atoms with Gasteiger partial charge in [0.15, 0.2) is 0 Å². The summed E-state index contributed by atoms with van der Waals surface area (Å²) in [5.41, 5.74) is 0.159. The van der Waals surface area contributed by atoms with Gasteiger partial charge in [0, 0.05) is 12.2 Å². The Bertz CT molecular complexity index is 575. The third-order valence-corrected chi connectivity index (χ3v) is 3.35. The molecule has 0 amide bonds. The van der Waals surface area contributed by atoms with E-state index in [1.54, 1.807) is 6.07 Å². The molecule has 0 heterocycles. The number of aliphatic hydroxyl groups is 3. The molecule has 23 heavy (non-hydrogen) atoms. The molecule has 3 atom stereocenters. The molecule has 0 spiro atoms. The number of benzene rings is 1. The maximum absolute atomic E-state index is 11.0. The van der Waals surface area contributed by atoms with Gasteiger partial charge < -0.3 is 35.5 Å². The molecule has 0 bridgehead atoms. The lowest BCUT2D eigenvalue weighted by Gasteiger charge is -2.23. The largest absolute Gasteiger partial charge is 0.478 e. The molecule has 0 radical (unpaired) electrons. The summed E-state index contributed by atoms with van der Waals surface area (Å²) in [6, 6.07) is 5.88.